The molecule has 0 aromatic heterocycles. The Kier molecular flexibility index (Phi) is 2.33. The highest BCUT2D eigenvalue weighted by molar-refractivity contribution is 5.10. The molecule has 0 aromatic rings. The second kappa shape index (κ2) is 3.46. The van der Waals surface area contributed by atoms with Crippen LogP contribution in [-0.2, 0) is 0 Å². The molecule has 1 saturated carbocycles. The molecule has 2 nitrogen and oxygen atoms in total. The Morgan fingerprint density at radius 2 is 1.80 bits per heavy atom. The van der Waals surface area contributed by atoms with Crippen molar-refractivity contribution in [3.8, 4) is 0 Å². The van der Waals surface area contributed by atoms with Crippen LogP contribution in [0.15, 0.2) is 0 Å². The SMILES string of the molecule is CCNC1CC2CCC(C1)N2C1(C)CC1. The zero-order valence-corrected chi connectivity index (χ0v) is 10.1. The Hall–Kier alpha value is -0.0800. The van der Waals surface area contributed by atoms with E-state index in [1.54, 1.807) is 0 Å². The molecule has 2 saturated heterocycles. The molecule has 3 rings (SSSR count). The second-order valence-electron chi connectivity index (χ2n) is 6.02. The molecule has 0 amide bonds. The number of fused-ring (bicyclic) bond motifs is 2. The zero-order chi connectivity index (χ0) is 10.5. The molecule has 0 aromatic carbocycles. The van der Waals surface area contributed by atoms with E-state index in [1.807, 2.05) is 0 Å². The van der Waals surface area contributed by atoms with Gasteiger partial charge in [-0.3, -0.25) is 4.90 Å². The van der Waals surface area contributed by atoms with Crippen LogP contribution in [0.5, 0.6) is 0 Å². The van der Waals surface area contributed by atoms with E-state index in [0.717, 1.165) is 24.7 Å². The Balaban J connectivity index is 1.70. The van der Waals surface area contributed by atoms with Crippen molar-refractivity contribution in [3.05, 3.63) is 0 Å². The molecule has 3 fully saturated rings. The van der Waals surface area contributed by atoms with Gasteiger partial charge in [0.1, 0.15) is 0 Å². The summed E-state index contributed by atoms with van der Waals surface area (Å²) in [6.07, 6.45) is 8.63. The minimum atomic E-state index is 0.614. The Morgan fingerprint density at radius 1 is 1.20 bits per heavy atom. The fraction of sp³-hybridized carbons (Fsp3) is 1.00. The van der Waals surface area contributed by atoms with Crippen LogP contribution in [-0.4, -0.2) is 35.1 Å². The molecule has 2 heteroatoms. The van der Waals surface area contributed by atoms with Gasteiger partial charge in [-0.05, 0) is 52.0 Å². The van der Waals surface area contributed by atoms with E-state index in [-0.39, 0.29) is 0 Å². The van der Waals surface area contributed by atoms with Gasteiger partial charge >= 0.3 is 0 Å². The largest absolute Gasteiger partial charge is 0.314 e. The van der Waals surface area contributed by atoms with Gasteiger partial charge in [0.15, 0.2) is 0 Å². The monoisotopic (exact) mass is 208 g/mol. The molecule has 2 heterocycles. The summed E-state index contributed by atoms with van der Waals surface area (Å²) in [4.78, 5) is 2.89. The van der Waals surface area contributed by atoms with E-state index in [1.165, 1.54) is 38.5 Å². The maximum absolute atomic E-state index is 3.65. The highest BCUT2D eigenvalue weighted by atomic mass is 15.3. The first-order chi connectivity index (χ1) is 7.23. The minimum Gasteiger partial charge on any atom is -0.314 e. The number of hydrogen-bond acceptors (Lipinski definition) is 2. The first kappa shape index (κ1) is 10.1. The number of piperidine rings is 1. The molecule has 2 aliphatic heterocycles. The maximum Gasteiger partial charge on any atom is 0.0188 e. The van der Waals surface area contributed by atoms with E-state index < -0.39 is 0 Å². The first-order valence-electron chi connectivity index (χ1n) is 6.75. The summed E-state index contributed by atoms with van der Waals surface area (Å²) in [6, 6.07) is 2.62. The average molecular weight is 208 g/mol. The van der Waals surface area contributed by atoms with Crippen molar-refractivity contribution in [2.45, 2.75) is 76.0 Å². The molecule has 2 bridgehead atoms. The summed E-state index contributed by atoms with van der Waals surface area (Å²) in [6.45, 7) is 5.85. The highest BCUT2D eigenvalue weighted by Gasteiger charge is 2.53. The summed E-state index contributed by atoms with van der Waals surface area (Å²) >= 11 is 0. The lowest BCUT2D eigenvalue weighted by atomic mass is 9.95. The van der Waals surface area contributed by atoms with Crippen molar-refractivity contribution in [1.29, 1.82) is 0 Å². The van der Waals surface area contributed by atoms with Crippen LogP contribution < -0.4 is 5.32 Å². The topological polar surface area (TPSA) is 15.3 Å². The molecule has 3 aliphatic rings. The van der Waals surface area contributed by atoms with Gasteiger partial charge in [-0.25, -0.2) is 0 Å². The number of hydrogen-bond donors (Lipinski definition) is 1. The molecule has 15 heavy (non-hydrogen) atoms. The molecule has 1 aliphatic carbocycles. The third-order valence-corrected chi connectivity index (χ3v) is 4.82. The van der Waals surface area contributed by atoms with Crippen LogP contribution in [0.2, 0.25) is 0 Å². The number of nitrogens with zero attached hydrogens (tertiary/aromatic N) is 1. The van der Waals surface area contributed by atoms with Crippen molar-refractivity contribution >= 4 is 0 Å². The zero-order valence-electron chi connectivity index (χ0n) is 10.1. The Morgan fingerprint density at radius 3 is 2.27 bits per heavy atom. The summed E-state index contributed by atoms with van der Waals surface area (Å²) in [5, 5.41) is 3.65. The number of rotatable bonds is 3. The first-order valence-corrected chi connectivity index (χ1v) is 6.75. The second-order valence-corrected chi connectivity index (χ2v) is 6.02. The molecule has 0 radical (unpaired) electrons. The fourth-order valence-corrected chi connectivity index (χ4v) is 3.95. The molecule has 1 N–H and O–H groups in total. The van der Waals surface area contributed by atoms with Crippen LogP contribution in [0.1, 0.15) is 52.4 Å². The lowest BCUT2D eigenvalue weighted by Crippen LogP contribution is -2.53. The van der Waals surface area contributed by atoms with Gasteiger partial charge in [0.05, 0.1) is 0 Å². The fourth-order valence-electron chi connectivity index (χ4n) is 3.95. The predicted octanol–water partition coefficient (Wildman–Crippen LogP) is 2.14. The molecule has 2 unspecified atom stereocenters. The van der Waals surface area contributed by atoms with Gasteiger partial charge in [-0.15, -0.1) is 0 Å². The quantitative estimate of drug-likeness (QED) is 0.764. The smallest absolute Gasteiger partial charge is 0.0188 e. The Bertz CT molecular complexity index is 233. The van der Waals surface area contributed by atoms with Crippen molar-refractivity contribution in [3.63, 3.8) is 0 Å². The third kappa shape index (κ3) is 1.62. The van der Waals surface area contributed by atoms with Crippen LogP contribution in [0.25, 0.3) is 0 Å². The van der Waals surface area contributed by atoms with Gasteiger partial charge in [-0.2, -0.15) is 0 Å². The maximum atomic E-state index is 3.65. The van der Waals surface area contributed by atoms with Crippen LogP contribution >= 0.6 is 0 Å². The lowest BCUT2D eigenvalue weighted by molar-refractivity contribution is 0.0653. The van der Waals surface area contributed by atoms with Crippen molar-refractivity contribution < 1.29 is 0 Å². The van der Waals surface area contributed by atoms with Gasteiger partial charge in [0.25, 0.3) is 0 Å². The summed E-state index contributed by atoms with van der Waals surface area (Å²) in [7, 11) is 0. The van der Waals surface area contributed by atoms with Crippen LogP contribution in [0.4, 0.5) is 0 Å². The van der Waals surface area contributed by atoms with E-state index in [0.29, 0.717) is 5.54 Å². The normalized spacial score (nSPS) is 43.2. The van der Waals surface area contributed by atoms with Crippen LogP contribution in [0.3, 0.4) is 0 Å². The van der Waals surface area contributed by atoms with Gasteiger partial charge in [-0.1, -0.05) is 6.92 Å². The average Bonchev–Trinajstić information content (AvgIpc) is 2.88. The van der Waals surface area contributed by atoms with Gasteiger partial charge < -0.3 is 5.32 Å². The van der Waals surface area contributed by atoms with E-state index in [9.17, 15) is 0 Å². The van der Waals surface area contributed by atoms with Crippen molar-refractivity contribution in [2.24, 2.45) is 0 Å². The lowest BCUT2D eigenvalue weighted by Gasteiger charge is -2.43. The Labute approximate surface area is 93.4 Å². The summed E-state index contributed by atoms with van der Waals surface area (Å²) in [5.74, 6) is 0. The van der Waals surface area contributed by atoms with Crippen LogP contribution in [0, 0.1) is 0 Å². The predicted molar refractivity (Wildman–Crippen MR) is 63.0 cm³/mol. The van der Waals surface area contributed by atoms with E-state index in [4.69, 9.17) is 0 Å². The van der Waals surface area contributed by atoms with E-state index in [2.05, 4.69) is 24.1 Å². The van der Waals surface area contributed by atoms with Crippen molar-refractivity contribution in [1.82, 2.24) is 10.2 Å². The van der Waals surface area contributed by atoms with Crippen molar-refractivity contribution in [2.75, 3.05) is 6.54 Å². The molecular formula is C13H24N2. The molecule has 0 spiro atoms. The molecular weight excluding hydrogens is 184 g/mol. The molecule has 86 valence electrons. The van der Waals surface area contributed by atoms with Gasteiger partial charge in [0.2, 0.25) is 0 Å². The third-order valence-electron chi connectivity index (χ3n) is 4.82. The summed E-state index contributed by atoms with van der Waals surface area (Å²) in [5.41, 5.74) is 0.614. The number of nitrogens with one attached hydrogen (secondary N) is 1. The van der Waals surface area contributed by atoms with Gasteiger partial charge in [0, 0.05) is 23.7 Å². The van der Waals surface area contributed by atoms with E-state index >= 15 is 0 Å². The standard InChI is InChI=1S/C13H24N2/c1-3-14-10-8-11-4-5-12(9-10)15(11)13(2)6-7-13/h10-12,14H,3-9H2,1-2H3. The highest BCUT2D eigenvalue weighted by Crippen LogP contribution is 2.50. The summed E-state index contributed by atoms with van der Waals surface area (Å²) < 4.78 is 0. The minimum absolute atomic E-state index is 0.614. The molecule has 2 atom stereocenters.